The number of sulfonamides is 1. The lowest BCUT2D eigenvalue weighted by molar-refractivity contribution is -0.114. The van der Waals surface area contributed by atoms with Crippen molar-refractivity contribution in [3.8, 4) is 0 Å². The number of halogens is 1. The van der Waals surface area contributed by atoms with Crippen LogP contribution in [0.25, 0.3) is 0 Å². The SMILES string of the molecule is CC(=O)Nc1ccc(NC(=O)c2ccc(S(=O)(=O)N3CCC(C)CC3)cc2)cc1Cl. The number of anilines is 2. The topological polar surface area (TPSA) is 95.6 Å². The van der Waals surface area contributed by atoms with E-state index in [1.807, 2.05) is 0 Å². The summed E-state index contributed by atoms with van der Waals surface area (Å²) in [5.41, 5.74) is 1.23. The van der Waals surface area contributed by atoms with Crippen molar-refractivity contribution < 1.29 is 18.0 Å². The summed E-state index contributed by atoms with van der Waals surface area (Å²) in [6.07, 6.45) is 1.70. The van der Waals surface area contributed by atoms with Crippen LogP contribution < -0.4 is 10.6 Å². The van der Waals surface area contributed by atoms with Crippen LogP contribution >= 0.6 is 11.6 Å². The van der Waals surface area contributed by atoms with Crippen LogP contribution in [-0.2, 0) is 14.8 Å². The predicted octanol–water partition coefficient (Wildman–Crippen LogP) is 3.97. The van der Waals surface area contributed by atoms with E-state index in [0.717, 1.165) is 12.8 Å². The Labute approximate surface area is 181 Å². The zero-order valence-corrected chi connectivity index (χ0v) is 18.4. The van der Waals surface area contributed by atoms with Crippen LogP contribution in [0.15, 0.2) is 47.4 Å². The summed E-state index contributed by atoms with van der Waals surface area (Å²) in [5.74, 6) is -0.111. The minimum Gasteiger partial charge on any atom is -0.325 e. The average Bonchev–Trinajstić information content (AvgIpc) is 2.70. The molecular formula is C21H24ClN3O4S. The Balaban J connectivity index is 1.69. The van der Waals surface area contributed by atoms with Gasteiger partial charge in [0, 0.05) is 31.3 Å². The zero-order chi connectivity index (χ0) is 21.9. The molecule has 1 aliphatic rings. The number of amides is 2. The van der Waals surface area contributed by atoms with Gasteiger partial charge in [-0.05, 0) is 61.2 Å². The lowest BCUT2D eigenvalue weighted by Gasteiger charge is -2.29. The number of hydrogen-bond donors (Lipinski definition) is 2. The first-order chi connectivity index (χ1) is 14.2. The van der Waals surface area contributed by atoms with Crippen LogP contribution in [0.4, 0.5) is 11.4 Å². The normalized spacial score (nSPS) is 15.6. The Morgan fingerprint density at radius 3 is 2.23 bits per heavy atom. The van der Waals surface area contributed by atoms with Crippen molar-refractivity contribution in [2.75, 3.05) is 23.7 Å². The van der Waals surface area contributed by atoms with Crippen molar-refractivity contribution in [3.63, 3.8) is 0 Å². The third-order valence-electron chi connectivity index (χ3n) is 5.03. The maximum absolute atomic E-state index is 12.8. The maximum Gasteiger partial charge on any atom is 0.255 e. The Kier molecular flexibility index (Phi) is 6.80. The Hall–Kier alpha value is -2.42. The first kappa shape index (κ1) is 22.3. The fourth-order valence-corrected chi connectivity index (χ4v) is 4.94. The molecule has 1 heterocycles. The van der Waals surface area contributed by atoms with Crippen molar-refractivity contribution in [1.29, 1.82) is 0 Å². The maximum atomic E-state index is 12.8. The molecule has 1 fully saturated rings. The van der Waals surface area contributed by atoms with Gasteiger partial charge in [-0.2, -0.15) is 4.31 Å². The van der Waals surface area contributed by atoms with Crippen molar-refractivity contribution in [1.82, 2.24) is 4.31 Å². The molecule has 2 aromatic carbocycles. The second-order valence-corrected chi connectivity index (χ2v) is 9.79. The first-order valence-corrected chi connectivity index (χ1v) is 11.5. The van der Waals surface area contributed by atoms with Crippen molar-refractivity contribution in [3.05, 3.63) is 53.1 Å². The molecule has 1 saturated heterocycles. The fraction of sp³-hybridized carbons (Fsp3) is 0.333. The number of nitrogens with one attached hydrogen (secondary N) is 2. The van der Waals surface area contributed by atoms with Crippen LogP contribution in [0, 0.1) is 5.92 Å². The number of rotatable bonds is 5. The highest BCUT2D eigenvalue weighted by molar-refractivity contribution is 7.89. The molecule has 0 radical (unpaired) electrons. The number of piperidine rings is 1. The number of carbonyl (C=O) groups is 2. The van der Waals surface area contributed by atoms with Gasteiger partial charge in [0.1, 0.15) is 0 Å². The Morgan fingerprint density at radius 2 is 1.67 bits per heavy atom. The molecule has 0 bridgehead atoms. The standard InChI is InChI=1S/C21H24ClN3O4S/c1-14-9-11-25(12-10-14)30(28,29)18-6-3-16(4-7-18)21(27)24-17-5-8-20(19(22)13-17)23-15(2)26/h3-8,13-14H,9-12H2,1-2H3,(H,23,26)(H,24,27). The summed E-state index contributed by atoms with van der Waals surface area (Å²) < 4.78 is 27.1. The van der Waals surface area contributed by atoms with E-state index < -0.39 is 15.9 Å². The third-order valence-corrected chi connectivity index (χ3v) is 7.26. The van der Waals surface area contributed by atoms with E-state index >= 15 is 0 Å². The molecule has 0 aromatic heterocycles. The number of nitrogens with zero attached hydrogens (tertiary/aromatic N) is 1. The molecule has 2 aromatic rings. The second-order valence-electron chi connectivity index (χ2n) is 7.44. The molecule has 0 aliphatic carbocycles. The van der Waals surface area contributed by atoms with Gasteiger partial charge >= 0.3 is 0 Å². The van der Waals surface area contributed by atoms with Gasteiger partial charge in [-0.1, -0.05) is 18.5 Å². The molecule has 0 saturated carbocycles. The van der Waals surface area contributed by atoms with Crippen LogP contribution in [0.2, 0.25) is 5.02 Å². The van der Waals surface area contributed by atoms with Gasteiger partial charge in [0.25, 0.3) is 5.91 Å². The van der Waals surface area contributed by atoms with Gasteiger partial charge in [-0.15, -0.1) is 0 Å². The summed E-state index contributed by atoms with van der Waals surface area (Å²) in [6, 6.07) is 10.6. The molecule has 0 spiro atoms. The van der Waals surface area contributed by atoms with Crippen molar-refractivity contribution >= 4 is 44.8 Å². The quantitative estimate of drug-likeness (QED) is 0.721. The molecule has 160 valence electrons. The van der Waals surface area contributed by atoms with Crippen LogP contribution in [0.5, 0.6) is 0 Å². The Morgan fingerprint density at radius 1 is 1.03 bits per heavy atom. The minimum atomic E-state index is -3.56. The summed E-state index contributed by atoms with van der Waals surface area (Å²) >= 11 is 6.12. The second kappa shape index (κ2) is 9.16. The molecular weight excluding hydrogens is 426 g/mol. The lowest BCUT2D eigenvalue weighted by atomic mass is 10.0. The van der Waals surface area contributed by atoms with Gasteiger partial charge in [-0.3, -0.25) is 9.59 Å². The molecule has 0 unspecified atom stereocenters. The van der Waals surface area contributed by atoms with Gasteiger partial charge < -0.3 is 10.6 Å². The van der Waals surface area contributed by atoms with Crippen molar-refractivity contribution in [2.45, 2.75) is 31.6 Å². The van der Waals surface area contributed by atoms with Crippen LogP contribution in [0.1, 0.15) is 37.0 Å². The Bertz CT molecular complexity index is 1050. The van der Waals surface area contributed by atoms with E-state index in [2.05, 4.69) is 17.6 Å². The van der Waals surface area contributed by atoms with Gasteiger partial charge in [-0.25, -0.2) is 8.42 Å². The zero-order valence-electron chi connectivity index (χ0n) is 16.8. The molecule has 9 heteroatoms. The molecule has 7 nitrogen and oxygen atoms in total. The van der Waals surface area contributed by atoms with E-state index in [0.29, 0.717) is 41.0 Å². The van der Waals surface area contributed by atoms with Gasteiger partial charge in [0.2, 0.25) is 15.9 Å². The van der Waals surface area contributed by atoms with E-state index in [9.17, 15) is 18.0 Å². The minimum absolute atomic E-state index is 0.177. The number of hydrogen-bond acceptors (Lipinski definition) is 4. The molecule has 0 atom stereocenters. The first-order valence-electron chi connectivity index (χ1n) is 9.65. The molecule has 2 N–H and O–H groups in total. The van der Waals surface area contributed by atoms with Gasteiger partial charge in [0.15, 0.2) is 0 Å². The number of benzene rings is 2. The smallest absolute Gasteiger partial charge is 0.255 e. The number of carbonyl (C=O) groups excluding carboxylic acids is 2. The predicted molar refractivity (Wildman–Crippen MR) is 117 cm³/mol. The van der Waals surface area contributed by atoms with Crippen LogP contribution in [-0.4, -0.2) is 37.6 Å². The monoisotopic (exact) mass is 449 g/mol. The van der Waals surface area contributed by atoms with E-state index in [4.69, 9.17) is 11.6 Å². The molecule has 3 rings (SSSR count). The highest BCUT2D eigenvalue weighted by Gasteiger charge is 2.28. The molecule has 1 aliphatic heterocycles. The van der Waals surface area contributed by atoms with Gasteiger partial charge in [0.05, 0.1) is 15.6 Å². The fourth-order valence-electron chi connectivity index (χ4n) is 3.24. The highest BCUT2D eigenvalue weighted by Crippen LogP contribution is 2.26. The van der Waals surface area contributed by atoms with E-state index in [1.54, 1.807) is 12.1 Å². The largest absolute Gasteiger partial charge is 0.325 e. The summed E-state index contributed by atoms with van der Waals surface area (Å²) in [6.45, 7) is 4.53. The lowest BCUT2D eigenvalue weighted by Crippen LogP contribution is -2.37. The summed E-state index contributed by atoms with van der Waals surface area (Å²) in [4.78, 5) is 23.8. The van der Waals surface area contributed by atoms with Crippen LogP contribution in [0.3, 0.4) is 0 Å². The van der Waals surface area contributed by atoms with E-state index in [-0.39, 0.29) is 10.8 Å². The molecule has 30 heavy (non-hydrogen) atoms. The average molecular weight is 450 g/mol. The third kappa shape index (κ3) is 5.19. The van der Waals surface area contributed by atoms with E-state index in [1.165, 1.54) is 41.6 Å². The highest BCUT2D eigenvalue weighted by atomic mass is 35.5. The summed E-state index contributed by atoms with van der Waals surface area (Å²) in [7, 11) is -3.56. The molecule has 2 amide bonds. The summed E-state index contributed by atoms with van der Waals surface area (Å²) in [5, 5.41) is 5.59. The van der Waals surface area contributed by atoms with Crippen molar-refractivity contribution in [2.24, 2.45) is 5.92 Å².